The van der Waals surface area contributed by atoms with E-state index < -0.39 is 0 Å². The Morgan fingerprint density at radius 1 is 1.21 bits per heavy atom. The minimum atomic E-state index is -0.156. The van der Waals surface area contributed by atoms with Crippen molar-refractivity contribution in [2.24, 2.45) is 0 Å². The van der Waals surface area contributed by atoms with Gasteiger partial charge in [-0.2, -0.15) is 0 Å². The lowest BCUT2D eigenvalue weighted by Crippen LogP contribution is -2.19. The van der Waals surface area contributed by atoms with Gasteiger partial charge in [-0.3, -0.25) is 0 Å². The van der Waals surface area contributed by atoms with Gasteiger partial charge in [-0.05, 0) is 31.3 Å². The van der Waals surface area contributed by atoms with E-state index in [1.807, 2.05) is 31.3 Å². The van der Waals surface area contributed by atoms with Crippen LogP contribution in [0.4, 0.5) is 4.39 Å². The lowest BCUT2D eigenvalue weighted by atomic mass is 10.1. The highest BCUT2D eigenvalue weighted by Crippen LogP contribution is 2.27. The second-order valence-electron chi connectivity index (χ2n) is 4.13. The summed E-state index contributed by atoms with van der Waals surface area (Å²) in [5, 5.41) is 3.17. The van der Waals surface area contributed by atoms with Crippen LogP contribution >= 0.6 is 27.7 Å². The number of hydrogen-bond donors (Lipinski definition) is 1. The van der Waals surface area contributed by atoms with Crippen LogP contribution in [0.15, 0.2) is 57.9 Å². The number of nitrogens with one attached hydrogen (secondary N) is 1. The van der Waals surface area contributed by atoms with Crippen LogP contribution < -0.4 is 5.32 Å². The maximum absolute atomic E-state index is 13.8. The van der Waals surface area contributed by atoms with Crippen LogP contribution in [0, 0.1) is 5.82 Å². The van der Waals surface area contributed by atoms with Crippen LogP contribution in [0.1, 0.15) is 11.6 Å². The molecule has 1 N–H and O–H groups in total. The molecule has 2 aromatic rings. The van der Waals surface area contributed by atoms with Crippen LogP contribution in [0.25, 0.3) is 0 Å². The molecule has 0 bridgehead atoms. The summed E-state index contributed by atoms with van der Waals surface area (Å²) in [6.45, 7) is 0. The lowest BCUT2D eigenvalue weighted by molar-refractivity contribution is 0.566. The fraction of sp³-hybridized carbons (Fsp3) is 0.200. The molecule has 100 valence electrons. The predicted molar refractivity (Wildman–Crippen MR) is 83.1 cm³/mol. The third-order valence-electron chi connectivity index (χ3n) is 2.84. The standard InChI is InChI=1S/C15H15BrFNS/c1-18-15(13-7-2-3-8-14(13)17)10-19-12-6-4-5-11(16)9-12/h2-9,15,18H,10H2,1H3. The average Bonchev–Trinajstić information content (AvgIpc) is 2.41. The molecule has 0 fully saturated rings. The van der Waals surface area contributed by atoms with Gasteiger partial charge in [0.05, 0.1) is 0 Å². The Labute approximate surface area is 125 Å². The van der Waals surface area contributed by atoms with Crippen molar-refractivity contribution in [2.75, 3.05) is 12.8 Å². The minimum absolute atomic E-state index is 0.00480. The molecule has 19 heavy (non-hydrogen) atoms. The maximum atomic E-state index is 13.8. The van der Waals surface area contributed by atoms with Crippen LogP contribution in [0.5, 0.6) is 0 Å². The van der Waals surface area contributed by atoms with Gasteiger partial charge in [0.2, 0.25) is 0 Å². The van der Waals surface area contributed by atoms with Crippen LogP contribution in [-0.4, -0.2) is 12.8 Å². The molecule has 0 amide bonds. The number of thioether (sulfide) groups is 1. The molecule has 2 rings (SSSR count). The quantitative estimate of drug-likeness (QED) is 0.796. The van der Waals surface area contributed by atoms with E-state index in [1.54, 1.807) is 17.8 Å². The molecule has 4 heteroatoms. The normalized spacial score (nSPS) is 12.4. The van der Waals surface area contributed by atoms with E-state index in [0.29, 0.717) is 5.56 Å². The first-order valence-corrected chi connectivity index (χ1v) is 7.78. The monoisotopic (exact) mass is 339 g/mol. The predicted octanol–water partition coefficient (Wildman–Crippen LogP) is 4.64. The van der Waals surface area contributed by atoms with E-state index in [-0.39, 0.29) is 11.9 Å². The molecule has 0 aliphatic heterocycles. The van der Waals surface area contributed by atoms with Crippen LogP contribution in [0.2, 0.25) is 0 Å². The molecule has 2 aromatic carbocycles. The minimum Gasteiger partial charge on any atom is -0.312 e. The summed E-state index contributed by atoms with van der Waals surface area (Å²) in [5.41, 5.74) is 0.715. The SMILES string of the molecule is CNC(CSc1cccc(Br)c1)c1ccccc1F. The third kappa shape index (κ3) is 4.06. The Balaban J connectivity index is 2.06. The van der Waals surface area contributed by atoms with Crippen LogP contribution in [-0.2, 0) is 0 Å². The summed E-state index contributed by atoms with van der Waals surface area (Å²) in [6, 6.07) is 15.0. The fourth-order valence-corrected chi connectivity index (χ4v) is 3.46. The first-order chi connectivity index (χ1) is 9.20. The number of rotatable bonds is 5. The molecule has 0 aromatic heterocycles. The topological polar surface area (TPSA) is 12.0 Å². The molecule has 0 aliphatic carbocycles. The van der Waals surface area contributed by atoms with E-state index in [0.717, 1.165) is 10.2 Å². The second-order valence-corrected chi connectivity index (χ2v) is 6.14. The van der Waals surface area contributed by atoms with Gasteiger partial charge in [-0.1, -0.05) is 40.2 Å². The number of halogens is 2. The smallest absolute Gasteiger partial charge is 0.128 e. The van der Waals surface area contributed by atoms with Gasteiger partial charge in [-0.25, -0.2) is 4.39 Å². The van der Waals surface area contributed by atoms with Gasteiger partial charge < -0.3 is 5.32 Å². The summed E-state index contributed by atoms with van der Waals surface area (Å²) in [7, 11) is 1.86. The van der Waals surface area contributed by atoms with Gasteiger partial charge in [0.15, 0.2) is 0 Å². The Hall–Kier alpha value is -0.840. The highest BCUT2D eigenvalue weighted by atomic mass is 79.9. The second kappa shape index (κ2) is 7.08. The zero-order valence-electron chi connectivity index (χ0n) is 10.6. The van der Waals surface area contributed by atoms with Gasteiger partial charge in [-0.15, -0.1) is 11.8 Å². The molecule has 1 nitrogen and oxygen atoms in total. The van der Waals surface area contributed by atoms with Crippen molar-refractivity contribution in [1.29, 1.82) is 0 Å². The molecule has 0 heterocycles. The highest BCUT2D eigenvalue weighted by molar-refractivity contribution is 9.10. The van der Waals surface area contributed by atoms with Crippen molar-refractivity contribution < 1.29 is 4.39 Å². The summed E-state index contributed by atoms with van der Waals surface area (Å²) in [5.74, 6) is 0.630. The van der Waals surface area contributed by atoms with E-state index in [2.05, 4.69) is 33.4 Å². The van der Waals surface area contributed by atoms with E-state index in [1.165, 1.54) is 11.0 Å². The maximum Gasteiger partial charge on any atom is 0.128 e. The van der Waals surface area contributed by atoms with Crippen molar-refractivity contribution >= 4 is 27.7 Å². The van der Waals surface area contributed by atoms with E-state index >= 15 is 0 Å². The van der Waals surface area contributed by atoms with Crippen molar-refractivity contribution in [3.05, 3.63) is 64.4 Å². The third-order valence-corrected chi connectivity index (χ3v) is 4.42. The van der Waals surface area contributed by atoms with Crippen LogP contribution in [0.3, 0.4) is 0 Å². The molecule has 0 aliphatic rings. The largest absolute Gasteiger partial charge is 0.312 e. The summed E-state index contributed by atoms with van der Waals surface area (Å²) >= 11 is 5.17. The zero-order chi connectivity index (χ0) is 13.7. The highest BCUT2D eigenvalue weighted by Gasteiger charge is 2.13. The molecule has 0 spiro atoms. The molecule has 1 atom stereocenters. The van der Waals surface area contributed by atoms with E-state index in [9.17, 15) is 4.39 Å². The number of hydrogen-bond acceptors (Lipinski definition) is 2. The van der Waals surface area contributed by atoms with E-state index in [4.69, 9.17) is 0 Å². The molecule has 1 unspecified atom stereocenters. The lowest BCUT2D eigenvalue weighted by Gasteiger charge is -2.17. The van der Waals surface area contributed by atoms with Gasteiger partial charge in [0.25, 0.3) is 0 Å². The van der Waals surface area contributed by atoms with Gasteiger partial charge >= 0.3 is 0 Å². The van der Waals surface area contributed by atoms with Gasteiger partial charge in [0, 0.05) is 26.7 Å². The Morgan fingerprint density at radius 3 is 2.68 bits per heavy atom. The van der Waals surface area contributed by atoms with Crippen molar-refractivity contribution in [3.63, 3.8) is 0 Å². The zero-order valence-corrected chi connectivity index (χ0v) is 13.0. The first-order valence-electron chi connectivity index (χ1n) is 6.01. The summed E-state index contributed by atoms with van der Waals surface area (Å²) in [4.78, 5) is 1.17. The fourth-order valence-electron chi connectivity index (χ4n) is 1.82. The van der Waals surface area contributed by atoms with Crippen molar-refractivity contribution in [2.45, 2.75) is 10.9 Å². The average molecular weight is 340 g/mol. The van der Waals surface area contributed by atoms with Crippen molar-refractivity contribution in [1.82, 2.24) is 5.32 Å². The molecular weight excluding hydrogens is 325 g/mol. The Morgan fingerprint density at radius 2 is 2.00 bits per heavy atom. The summed E-state index contributed by atoms with van der Waals surface area (Å²) < 4.78 is 14.8. The first kappa shape index (κ1) is 14.6. The molecule has 0 saturated carbocycles. The molecular formula is C15H15BrFNS. The number of benzene rings is 2. The summed E-state index contributed by atoms with van der Waals surface area (Å²) in [6.07, 6.45) is 0. The van der Waals surface area contributed by atoms with Gasteiger partial charge in [0.1, 0.15) is 5.82 Å². The Bertz CT molecular complexity index is 547. The Kier molecular flexibility index (Phi) is 5.43. The molecule has 0 radical (unpaired) electrons. The van der Waals surface area contributed by atoms with Crippen molar-refractivity contribution in [3.8, 4) is 0 Å². The molecule has 0 saturated heterocycles.